The summed E-state index contributed by atoms with van der Waals surface area (Å²) in [6, 6.07) is 10.7. The highest BCUT2D eigenvalue weighted by Crippen LogP contribution is 2.25. The fourth-order valence-electron chi connectivity index (χ4n) is 2.28. The first-order valence-electron chi connectivity index (χ1n) is 6.83. The molecule has 0 unspecified atom stereocenters. The molecule has 3 aromatic rings. The van der Waals surface area contributed by atoms with E-state index < -0.39 is 19.1 Å². The van der Waals surface area contributed by atoms with E-state index in [0.29, 0.717) is 10.5 Å². The molecule has 0 spiro atoms. The van der Waals surface area contributed by atoms with Crippen LogP contribution in [0, 0.1) is 0 Å². The predicted molar refractivity (Wildman–Crippen MR) is 86.6 cm³/mol. The Morgan fingerprint density at radius 1 is 1.21 bits per heavy atom. The summed E-state index contributed by atoms with van der Waals surface area (Å²) >= 11 is 11.7. The third-order valence-corrected chi connectivity index (χ3v) is 3.90. The Kier molecular flexibility index (Phi) is 4.69. The molecule has 0 atom stereocenters. The lowest BCUT2D eigenvalue weighted by atomic mass is 10.2. The largest absolute Gasteiger partial charge is 0.454 e. The second-order valence-corrected chi connectivity index (χ2v) is 5.71. The molecule has 0 radical (unpaired) electrons. The van der Waals surface area contributed by atoms with E-state index in [9.17, 15) is 13.6 Å². The summed E-state index contributed by atoms with van der Waals surface area (Å²) in [6.07, 6.45) is 0. The minimum atomic E-state index is -2.80. The summed E-state index contributed by atoms with van der Waals surface area (Å²) in [4.78, 5) is 16.2. The van der Waals surface area contributed by atoms with Gasteiger partial charge in [-0.25, -0.2) is 9.78 Å². The lowest BCUT2D eigenvalue weighted by Gasteiger charge is -2.09. The predicted octanol–water partition coefficient (Wildman–Crippen LogP) is 5.10. The number of para-hydroxylation sites is 2. The van der Waals surface area contributed by atoms with Gasteiger partial charge >= 0.3 is 12.5 Å². The zero-order valence-corrected chi connectivity index (χ0v) is 13.6. The molecular weight excluding hydrogens is 361 g/mol. The number of ether oxygens (including phenoxy) is 1. The Morgan fingerprint density at radius 3 is 2.67 bits per heavy atom. The Labute approximate surface area is 145 Å². The van der Waals surface area contributed by atoms with E-state index in [1.54, 1.807) is 18.2 Å². The van der Waals surface area contributed by atoms with Gasteiger partial charge in [0.25, 0.3) is 0 Å². The minimum absolute atomic E-state index is 0.0513. The Morgan fingerprint density at radius 2 is 1.96 bits per heavy atom. The number of imidazole rings is 1. The van der Waals surface area contributed by atoms with E-state index in [1.165, 1.54) is 24.3 Å². The van der Waals surface area contributed by atoms with Crippen molar-refractivity contribution in [1.82, 2.24) is 9.55 Å². The number of hydrogen-bond donors (Lipinski definition) is 0. The average Bonchev–Trinajstić information content (AvgIpc) is 2.91. The molecule has 0 saturated heterocycles. The molecule has 0 saturated carbocycles. The molecule has 0 bridgehead atoms. The topological polar surface area (TPSA) is 44.1 Å². The van der Waals surface area contributed by atoms with E-state index in [4.69, 9.17) is 27.9 Å². The van der Waals surface area contributed by atoms with Gasteiger partial charge in [-0.15, -0.1) is 0 Å². The van der Waals surface area contributed by atoms with Crippen molar-refractivity contribution < 1.29 is 18.3 Å². The highest BCUT2D eigenvalue weighted by Gasteiger charge is 2.19. The van der Waals surface area contributed by atoms with E-state index in [0.717, 1.165) is 4.57 Å². The maximum atomic E-state index is 13.3. The summed E-state index contributed by atoms with van der Waals surface area (Å²) in [5.41, 5.74) is 0.761. The number of fused-ring (bicyclic) bond motifs is 1. The summed E-state index contributed by atoms with van der Waals surface area (Å²) in [5, 5.41) is 0.492. The van der Waals surface area contributed by atoms with Crippen LogP contribution < -0.4 is 0 Å². The van der Waals surface area contributed by atoms with Crippen molar-refractivity contribution in [3.63, 3.8) is 0 Å². The maximum absolute atomic E-state index is 13.3. The zero-order valence-electron chi connectivity index (χ0n) is 12.0. The van der Waals surface area contributed by atoms with Gasteiger partial charge in [-0.1, -0.05) is 35.3 Å². The first kappa shape index (κ1) is 16.7. The highest BCUT2D eigenvalue weighted by molar-refractivity contribution is 6.36. The minimum Gasteiger partial charge on any atom is -0.454 e. The van der Waals surface area contributed by atoms with Crippen molar-refractivity contribution in [2.75, 3.05) is 0 Å². The number of hydrogen-bond acceptors (Lipinski definition) is 3. The van der Waals surface area contributed by atoms with Crippen molar-refractivity contribution in [2.24, 2.45) is 0 Å². The summed E-state index contributed by atoms with van der Waals surface area (Å²) in [5.74, 6) is -0.797. The number of esters is 1. The molecule has 0 aliphatic rings. The van der Waals surface area contributed by atoms with Crippen LogP contribution in [0.4, 0.5) is 8.78 Å². The van der Waals surface area contributed by atoms with Crippen LogP contribution in [-0.2, 0) is 11.3 Å². The number of carbonyl (C=O) groups excluding carboxylic acids is 1. The van der Waals surface area contributed by atoms with Crippen LogP contribution in [0.3, 0.4) is 0 Å². The first-order valence-corrected chi connectivity index (χ1v) is 7.59. The average molecular weight is 371 g/mol. The Balaban J connectivity index is 1.85. The number of nitrogens with zero attached hydrogens (tertiary/aromatic N) is 2. The smallest absolute Gasteiger partial charge is 0.340 e. The summed E-state index contributed by atoms with van der Waals surface area (Å²) in [7, 11) is 0. The molecule has 24 heavy (non-hydrogen) atoms. The van der Waals surface area contributed by atoms with Gasteiger partial charge in [-0.05, 0) is 30.3 Å². The fraction of sp³-hybridized carbons (Fsp3) is 0.125. The van der Waals surface area contributed by atoms with E-state index in [1.807, 2.05) is 0 Å². The van der Waals surface area contributed by atoms with Crippen LogP contribution in [0.1, 0.15) is 22.7 Å². The monoisotopic (exact) mass is 370 g/mol. The van der Waals surface area contributed by atoms with Crippen molar-refractivity contribution in [3.05, 3.63) is 63.9 Å². The third kappa shape index (κ3) is 3.20. The van der Waals surface area contributed by atoms with Crippen LogP contribution in [0.5, 0.6) is 0 Å². The van der Waals surface area contributed by atoms with Gasteiger partial charge in [0.1, 0.15) is 6.61 Å². The number of halogens is 4. The quantitative estimate of drug-likeness (QED) is 0.600. The first-order chi connectivity index (χ1) is 11.5. The van der Waals surface area contributed by atoms with Crippen molar-refractivity contribution in [1.29, 1.82) is 0 Å². The van der Waals surface area contributed by atoms with Crippen molar-refractivity contribution >= 4 is 40.2 Å². The van der Waals surface area contributed by atoms with Crippen LogP contribution in [0.15, 0.2) is 42.5 Å². The number of carbonyl (C=O) groups is 1. The van der Waals surface area contributed by atoms with Gasteiger partial charge in [-0.3, -0.25) is 4.57 Å². The lowest BCUT2D eigenvalue weighted by molar-refractivity contribution is 0.0387. The molecule has 0 N–H and O–H groups in total. The van der Waals surface area contributed by atoms with Crippen LogP contribution in [0.25, 0.3) is 11.0 Å². The summed E-state index contributed by atoms with van der Waals surface area (Å²) < 4.78 is 32.4. The second kappa shape index (κ2) is 6.75. The van der Waals surface area contributed by atoms with Gasteiger partial charge in [-0.2, -0.15) is 8.78 Å². The maximum Gasteiger partial charge on any atom is 0.340 e. The number of rotatable bonds is 4. The van der Waals surface area contributed by atoms with E-state index in [2.05, 4.69) is 4.98 Å². The van der Waals surface area contributed by atoms with Crippen molar-refractivity contribution in [2.45, 2.75) is 13.2 Å². The van der Waals surface area contributed by atoms with Crippen LogP contribution in [0.2, 0.25) is 10.0 Å². The summed E-state index contributed by atoms with van der Waals surface area (Å²) in [6.45, 7) is -3.21. The van der Waals surface area contributed by atoms with Crippen LogP contribution >= 0.6 is 23.2 Å². The number of aromatic nitrogens is 2. The highest BCUT2D eigenvalue weighted by atomic mass is 35.5. The molecule has 0 amide bonds. The molecule has 3 rings (SSSR count). The Hall–Kier alpha value is -2.18. The lowest BCUT2D eigenvalue weighted by Crippen LogP contribution is -2.11. The zero-order chi connectivity index (χ0) is 17.3. The molecule has 0 aliphatic carbocycles. The SMILES string of the molecule is O=C(OCc1nc2ccccc2n1C(F)F)c1ccc(Cl)cc1Cl. The molecule has 1 heterocycles. The van der Waals surface area contributed by atoms with E-state index in [-0.39, 0.29) is 21.9 Å². The number of alkyl halides is 2. The molecule has 1 aromatic heterocycles. The normalized spacial score (nSPS) is 11.2. The van der Waals surface area contributed by atoms with Gasteiger partial charge in [0.05, 0.1) is 21.6 Å². The van der Waals surface area contributed by atoms with Gasteiger partial charge in [0, 0.05) is 5.02 Å². The second-order valence-electron chi connectivity index (χ2n) is 4.86. The molecule has 2 aromatic carbocycles. The van der Waals surface area contributed by atoms with Gasteiger partial charge in [0.2, 0.25) is 0 Å². The van der Waals surface area contributed by atoms with Gasteiger partial charge in [0.15, 0.2) is 5.82 Å². The fourth-order valence-corrected chi connectivity index (χ4v) is 2.76. The van der Waals surface area contributed by atoms with Gasteiger partial charge < -0.3 is 4.74 Å². The standard InChI is InChI=1S/C16H10Cl2F2N2O2/c17-9-5-6-10(11(18)7-9)15(23)24-8-14-21-12-3-1-2-4-13(12)22(14)16(19)20/h1-7,16H,8H2. The van der Waals surface area contributed by atoms with Crippen LogP contribution in [-0.4, -0.2) is 15.5 Å². The molecule has 124 valence electrons. The van der Waals surface area contributed by atoms with E-state index >= 15 is 0 Å². The molecular formula is C16H10Cl2F2N2O2. The third-order valence-electron chi connectivity index (χ3n) is 3.35. The van der Waals surface area contributed by atoms with Crippen molar-refractivity contribution in [3.8, 4) is 0 Å². The molecule has 8 heteroatoms. The molecule has 0 fully saturated rings. The number of benzene rings is 2. The Bertz CT molecular complexity index is 912. The molecule has 4 nitrogen and oxygen atoms in total. The molecule has 0 aliphatic heterocycles.